The Labute approximate surface area is 87.7 Å². The van der Waals surface area contributed by atoms with Gasteiger partial charge >= 0.3 is 0 Å². The maximum atomic E-state index is 2.31. The summed E-state index contributed by atoms with van der Waals surface area (Å²) in [7, 11) is 2.15. The van der Waals surface area contributed by atoms with E-state index in [0.29, 0.717) is 5.41 Å². The van der Waals surface area contributed by atoms with Gasteiger partial charge in [-0.1, -0.05) is 39.0 Å². The van der Waals surface area contributed by atoms with Crippen molar-refractivity contribution >= 4 is 5.69 Å². The summed E-state index contributed by atoms with van der Waals surface area (Å²) in [6.07, 6.45) is 1.22. The lowest BCUT2D eigenvalue weighted by Crippen LogP contribution is -2.22. The van der Waals surface area contributed by atoms with Gasteiger partial charge in [0, 0.05) is 19.3 Å². The second kappa shape index (κ2) is 4.50. The highest BCUT2D eigenvalue weighted by molar-refractivity contribution is 5.44. The van der Waals surface area contributed by atoms with Gasteiger partial charge in [-0.25, -0.2) is 0 Å². The van der Waals surface area contributed by atoms with Gasteiger partial charge in [0.1, 0.15) is 0 Å². The third-order valence-electron chi connectivity index (χ3n) is 2.39. The maximum absolute atomic E-state index is 2.31. The van der Waals surface area contributed by atoms with Gasteiger partial charge in [-0.3, -0.25) is 0 Å². The Morgan fingerprint density at radius 2 is 1.64 bits per heavy atom. The van der Waals surface area contributed by atoms with Crippen molar-refractivity contribution in [1.82, 2.24) is 0 Å². The van der Waals surface area contributed by atoms with Crippen molar-refractivity contribution in [2.45, 2.75) is 27.2 Å². The van der Waals surface area contributed by atoms with Crippen LogP contribution in [0.2, 0.25) is 0 Å². The second-order valence-corrected chi connectivity index (χ2v) is 5.07. The zero-order chi connectivity index (χ0) is 10.6. The van der Waals surface area contributed by atoms with Crippen LogP contribution in [-0.4, -0.2) is 13.6 Å². The number of hydrogen-bond acceptors (Lipinski definition) is 1. The minimum absolute atomic E-state index is 0.420. The van der Waals surface area contributed by atoms with E-state index >= 15 is 0 Å². The summed E-state index contributed by atoms with van der Waals surface area (Å²) in [6, 6.07) is 10.5. The summed E-state index contributed by atoms with van der Waals surface area (Å²) >= 11 is 0. The first kappa shape index (κ1) is 11.1. The van der Waals surface area contributed by atoms with Gasteiger partial charge in [-0.15, -0.1) is 0 Å². The topological polar surface area (TPSA) is 3.24 Å². The predicted molar refractivity (Wildman–Crippen MR) is 63.8 cm³/mol. The maximum Gasteiger partial charge on any atom is 0.0363 e. The standard InChI is InChI=1S/C13H21N/c1-13(2,3)10-11-14(4)12-8-6-5-7-9-12/h5-9H,10-11H2,1-4H3. The largest absolute Gasteiger partial charge is 0.375 e. The molecular formula is C13H21N. The zero-order valence-corrected chi connectivity index (χ0v) is 9.75. The number of hydrogen-bond donors (Lipinski definition) is 0. The summed E-state index contributed by atoms with van der Waals surface area (Å²) < 4.78 is 0. The van der Waals surface area contributed by atoms with Crippen molar-refractivity contribution in [3.8, 4) is 0 Å². The highest BCUT2D eigenvalue weighted by Crippen LogP contribution is 2.20. The second-order valence-electron chi connectivity index (χ2n) is 5.07. The molecule has 0 N–H and O–H groups in total. The van der Waals surface area contributed by atoms with Crippen molar-refractivity contribution in [3.05, 3.63) is 30.3 Å². The molecule has 0 spiro atoms. The fourth-order valence-corrected chi connectivity index (χ4v) is 1.31. The number of para-hydroxylation sites is 1. The van der Waals surface area contributed by atoms with E-state index in [4.69, 9.17) is 0 Å². The van der Waals surface area contributed by atoms with Crippen LogP contribution in [0.25, 0.3) is 0 Å². The van der Waals surface area contributed by atoms with Crippen LogP contribution in [0.4, 0.5) is 5.69 Å². The molecule has 0 aliphatic heterocycles. The molecular weight excluding hydrogens is 170 g/mol. The van der Waals surface area contributed by atoms with E-state index in [1.165, 1.54) is 12.1 Å². The van der Waals surface area contributed by atoms with Crippen LogP contribution < -0.4 is 4.90 Å². The van der Waals surface area contributed by atoms with E-state index in [1.807, 2.05) is 0 Å². The van der Waals surface area contributed by atoms with E-state index < -0.39 is 0 Å². The number of rotatable bonds is 3. The van der Waals surface area contributed by atoms with Gasteiger partial charge in [-0.2, -0.15) is 0 Å². The average Bonchev–Trinajstić information content (AvgIpc) is 2.14. The molecule has 0 saturated heterocycles. The smallest absolute Gasteiger partial charge is 0.0363 e. The van der Waals surface area contributed by atoms with Gasteiger partial charge in [0.2, 0.25) is 0 Å². The molecule has 14 heavy (non-hydrogen) atoms. The van der Waals surface area contributed by atoms with Crippen LogP contribution in [0.1, 0.15) is 27.2 Å². The summed E-state index contributed by atoms with van der Waals surface area (Å²) in [5.41, 5.74) is 1.72. The molecule has 0 atom stereocenters. The molecule has 0 aliphatic carbocycles. The highest BCUT2D eigenvalue weighted by Gasteiger charge is 2.11. The Morgan fingerprint density at radius 3 is 2.14 bits per heavy atom. The van der Waals surface area contributed by atoms with Crippen LogP contribution in [0.5, 0.6) is 0 Å². The van der Waals surface area contributed by atoms with Crippen LogP contribution in [0.15, 0.2) is 30.3 Å². The van der Waals surface area contributed by atoms with Crippen molar-refractivity contribution in [3.63, 3.8) is 0 Å². The molecule has 78 valence electrons. The molecule has 0 unspecified atom stereocenters. The molecule has 0 heterocycles. The van der Waals surface area contributed by atoms with E-state index in [1.54, 1.807) is 0 Å². The Morgan fingerprint density at radius 1 is 1.07 bits per heavy atom. The van der Waals surface area contributed by atoms with Gasteiger partial charge in [0.05, 0.1) is 0 Å². The molecule has 0 aromatic heterocycles. The Balaban J connectivity index is 2.48. The van der Waals surface area contributed by atoms with Crippen LogP contribution in [-0.2, 0) is 0 Å². The minimum atomic E-state index is 0.420. The van der Waals surface area contributed by atoms with E-state index in [-0.39, 0.29) is 0 Å². The quantitative estimate of drug-likeness (QED) is 0.706. The monoisotopic (exact) mass is 191 g/mol. The lowest BCUT2D eigenvalue weighted by molar-refractivity contribution is 0.381. The fraction of sp³-hybridized carbons (Fsp3) is 0.538. The third kappa shape index (κ3) is 3.82. The zero-order valence-electron chi connectivity index (χ0n) is 9.75. The molecule has 0 radical (unpaired) electrons. The first-order valence-corrected chi connectivity index (χ1v) is 5.25. The molecule has 0 amide bonds. The molecule has 0 aliphatic rings. The Bertz CT molecular complexity index is 258. The molecule has 1 heteroatoms. The summed E-state index contributed by atoms with van der Waals surface area (Å²) in [5, 5.41) is 0. The van der Waals surface area contributed by atoms with Crippen molar-refractivity contribution in [2.24, 2.45) is 5.41 Å². The van der Waals surface area contributed by atoms with Gasteiger partial charge in [0.25, 0.3) is 0 Å². The minimum Gasteiger partial charge on any atom is -0.375 e. The number of benzene rings is 1. The summed E-state index contributed by atoms with van der Waals surface area (Å²) in [4.78, 5) is 2.31. The Kier molecular flexibility index (Phi) is 3.56. The number of anilines is 1. The molecule has 1 rings (SSSR count). The number of nitrogens with zero attached hydrogens (tertiary/aromatic N) is 1. The average molecular weight is 191 g/mol. The van der Waals surface area contributed by atoms with E-state index in [9.17, 15) is 0 Å². The first-order chi connectivity index (χ1) is 6.49. The molecule has 0 fully saturated rings. The van der Waals surface area contributed by atoms with Crippen molar-refractivity contribution in [1.29, 1.82) is 0 Å². The molecule has 1 aromatic rings. The SMILES string of the molecule is CN(CCC(C)(C)C)c1ccccc1. The fourth-order valence-electron chi connectivity index (χ4n) is 1.31. The van der Waals surface area contributed by atoms with E-state index in [2.05, 4.69) is 63.1 Å². The molecule has 0 bridgehead atoms. The molecule has 1 aromatic carbocycles. The van der Waals surface area contributed by atoms with Gasteiger partial charge in [0.15, 0.2) is 0 Å². The normalized spacial score (nSPS) is 11.4. The summed E-state index contributed by atoms with van der Waals surface area (Å²) in [5.74, 6) is 0. The van der Waals surface area contributed by atoms with E-state index in [0.717, 1.165) is 6.54 Å². The third-order valence-corrected chi connectivity index (χ3v) is 2.39. The van der Waals surface area contributed by atoms with Gasteiger partial charge < -0.3 is 4.90 Å². The van der Waals surface area contributed by atoms with Crippen LogP contribution in [0.3, 0.4) is 0 Å². The van der Waals surface area contributed by atoms with Crippen LogP contribution >= 0.6 is 0 Å². The first-order valence-electron chi connectivity index (χ1n) is 5.25. The van der Waals surface area contributed by atoms with Crippen molar-refractivity contribution in [2.75, 3.05) is 18.5 Å². The lowest BCUT2D eigenvalue weighted by Gasteiger charge is -2.25. The molecule has 1 nitrogen and oxygen atoms in total. The summed E-state index contributed by atoms with van der Waals surface area (Å²) in [6.45, 7) is 7.97. The lowest BCUT2D eigenvalue weighted by atomic mass is 9.92. The highest BCUT2D eigenvalue weighted by atomic mass is 15.1. The predicted octanol–water partition coefficient (Wildman–Crippen LogP) is 3.56. The van der Waals surface area contributed by atoms with Crippen molar-refractivity contribution < 1.29 is 0 Å². The van der Waals surface area contributed by atoms with Gasteiger partial charge in [-0.05, 0) is 24.0 Å². The Hall–Kier alpha value is -0.980. The van der Waals surface area contributed by atoms with Crippen LogP contribution in [0, 0.1) is 5.41 Å². The molecule has 0 saturated carbocycles.